The molecule has 0 spiro atoms. The van der Waals surface area contributed by atoms with Crippen LogP contribution >= 0.6 is 11.6 Å². The lowest BCUT2D eigenvalue weighted by atomic mass is 10.1. The van der Waals surface area contributed by atoms with E-state index in [0.29, 0.717) is 6.42 Å². The van der Waals surface area contributed by atoms with E-state index in [4.69, 9.17) is 16.7 Å². The van der Waals surface area contributed by atoms with E-state index in [0.717, 1.165) is 12.1 Å². The molecule has 2 N–H and O–H groups in total. The minimum atomic E-state index is -0.400. The zero-order valence-electron chi connectivity index (χ0n) is 8.63. The third kappa shape index (κ3) is 3.78. The average Bonchev–Trinajstić information content (AvgIpc) is 2.22. The zero-order chi connectivity index (χ0) is 11.3. The smallest absolute Gasteiger partial charge is 0.141 e. The zero-order valence-corrected chi connectivity index (χ0v) is 9.39. The number of benzene rings is 1. The Morgan fingerprint density at radius 3 is 2.87 bits per heavy atom. The second-order valence-electron chi connectivity index (χ2n) is 3.43. The predicted molar refractivity (Wildman–Crippen MR) is 59.5 cm³/mol. The lowest BCUT2D eigenvalue weighted by molar-refractivity contribution is 0.284. The molecule has 0 radical (unpaired) electrons. The van der Waals surface area contributed by atoms with E-state index in [2.05, 4.69) is 5.32 Å². The third-order valence-electron chi connectivity index (χ3n) is 2.23. The van der Waals surface area contributed by atoms with Gasteiger partial charge in [-0.3, -0.25) is 0 Å². The van der Waals surface area contributed by atoms with E-state index in [-0.39, 0.29) is 17.7 Å². The van der Waals surface area contributed by atoms with Crippen molar-refractivity contribution >= 4 is 11.6 Å². The van der Waals surface area contributed by atoms with Crippen molar-refractivity contribution in [3.05, 3.63) is 34.6 Å². The summed E-state index contributed by atoms with van der Waals surface area (Å²) >= 11 is 5.68. The molecular weight excluding hydrogens is 217 g/mol. The van der Waals surface area contributed by atoms with Crippen molar-refractivity contribution < 1.29 is 9.50 Å². The molecule has 0 aromatic heterocycles. The van der Waals surface area contributed by atoms with Crippen molar-refractivity contribution in [1.82, 2.24) is 5.32 Å². The van der Waals surface area contributed by atoms with Crippen LogP contribution in [0.2, 0.25) is 5.02 Å². The lowest BCUT2D eigenvalue weighted by Crippen LogP contribution is -2.20. The molecule has 84 valence electrons. The second kappa shape index (κ2) is 6.05. The van der Waals surface area contributed by atoms with Gasteiger partial charge in [0.05, 0.1) is 5.02 Å². The van der Waals surface area contributed by atoms with E-state index in [1.165, 1.54) is 6.07 Å². The summed E-state index contributed by atoms with van der Waals surface area (Å²) < 4.78 is 12.9. The fourth-order valence-electron chi connectivity index (χ4n) is 1.30. The van der Waals surface area contributed by atoms with Crippen molar-refractivity contribution in [1.29, 1.82) is 0 Å². The minimum absolute atomic E-state index is 0.106. The van der Waals surface area contributed by atoms with Gasteiger partial charge in [0, 0.05) is 12.6 Å². The molecule has 1 aromatic rings. The number of halogens is 2. The number of aliphatic hydroxyl groups is 1. The van der Waals surface area contributed by atoms with Crippen LogP contribution in [-0.4, -0.2) is 18.3 Å². The Balaban J connectivity index is 2.57. The van der Waals surface area contributed by atoms with E-state index in [1.807, 2.05) is 6.92 Å². The number of hydrogen-bond acceptors (Lipinski definition) is 2. The van der Waals surface area contributed by atoms with Gasteiger partial charge in [0.15, 0.2) is 0 Å². The summed E-state index contributed by atoms with van der Waals surface area (Å²) in [7, 11) is 0. The highest BCUT2D eigenvalue weighted by atomic mass is 35.5. The molecule has 0 aliphatic rings. The monoisotopic (exact) mass is 231 g/mol. The normalized spacial score (nSPS) is 12.8. The molecular formula is C11H15ClFNO. The molecule has 0 heterocycles. The highest BCUT2D eigenvalue weighted by Gasteiger charge is 2.07. The molecule has 0 bridgehead atoms. The predicted octanol–water partition coefficient (Wildman–Crippen LogP) is 2.51. The molecule has 1 aromatic carbocycles. The minimum Gasteiger partial charge on any atom is -0.396 e. The van der Waals surface area contributed by atoms with Crippen molar-refractivity contribution in [3.8, 4) is 0 Å². The maximum absolute atomic E-state index is 12.9. The Bertz CT molecular complexity index is 319. The topological polar surface area (TPSA) is 32.3 Å². The molecule has 0 amide bonds. The van der Waals surface area contributed by atoms with Crippen LogP contribution in [0, 0.1) is 5.82 Å². The van der Waals surface area contributed by atoms with Crippen LogP contribution in [0.4, 0.5) is 4.39 Å². The summed E-state index contributed by atoms with van der Waals surface area (Å²) in [6, 6.07) is 4.79. The first-order valence-corrected chi connectivity index (χ1v) is 5.32. The van der Waals surface area contributed by atoms with Gasteiger partial charge in [0.1, 0.15) is 5.82 Å². The number of nitrogens with one attached hydrogen (secondary N) is 1. The Kier molecular flexibility index (Phi) is 5.02. The fraction of sp³-hybridized carbons (Fsp3) is 0.455. The number of aliphatic hydroxyl groups excluding tert-OH is 1. The molecule has 1 atom stereocenters. The first-order chi connectivity index (χ1) is 7.15. The van der Waals surface area contributed by atoms with Crippen LogP contribution in [0.3, 0.4) is 0 Å². The van der Waals surface area contributed by atoms with E-state index < -0.39 is 5.82 Å². The average molecular weight is 232 g/mol. The molecule has 0 unspecified atom stereocenters. The highest BCUT2D eigenvalue weighted by molar-refractivity contribution is 6.30. The van der Waals surface area contributed by atoms with E-state index >= 15 is 0 Å². The molecule has 0 aliphatic carbocycles. The Morgan fingerprint density at radius 1 is 1.53 bits per heavy atom. The van der Waals surface area contributed by atoms with Crippen LogP contribution in [-0.2, 0) is 0 Å². The molecule has 4 heteroatoms. The van der Waals surface area contributed by atoms with Gasteiger partial charge < -0.3 is 10.4 Å². The second-order valence-corrected chi connectivity index (χ2v) is 3.83. The number of hydrogen-bond donors (Lipinski definition) is 2. The maximum atomic E-state index is 12.9. The van der Waals surface area contributed by atoms with Crippen molar-refractivity contribution in [3.63, 3.8) is 0 Å². The van der Waals surface area contributed by atoms with Gasteiger partial charge in [-0.1, -0.05) is 17.7 Å². The summed E-state index contributed by atoms with van der Waals surface area (Å²) in [6.07, 6.45) is 0.708. The molecule has 0 saturated carbocycles. The van der Waals surface area contributed by atoms with Gasteiger partial charge in [-0.25, -0.2) is 4.39 Å². The highest BCUT2D eigenvalue weighted by Crippen LogP contribution is 2.20. The third-order valence-corrected chi connectivity index (χ3v) is 2.52. The quantitative estimate of drug-likeness (QED) is 0.764. The SMILES string of the molecule is C[C@@H](NCCCO)c1ccc(F)c(Cl)c1. The molecule has 1 rings (SSSR count). The summed E-state index contributed by atoms with van der Waals surface area (Å²) in [5, 5.41) is 12.0. The largest absolute Gasteiger partial charge is 0.396 e. The van der Waals surface area contributed by atoms with Crippen LogP contribution < -0.4 is 5.32 Å². The molecule has 0 saturated heterocycles. The number of rotatable bonds is 5. The maximum Gasteiger partial charge on any atom is 0.141 e. The van der Waals surface area contributed by atoms with Crippen molar-refractivity contribution in [2.45, 2.75) is 19.4 Å². The Labute approximate surface area is 94.1 Å². The summed E-state index contributed by atoms with van der Waals surface area (Å²) in [5.74, 6) is -0.400. The van der Waals surface area contributed by atoms with Gasteiger partial charge in [0.2, 0.25) is 0 Å². The lowest BCUT2D eigenvalue weighted by Gasteiger charge is -2.14. The fourth-order valence-corrected chi connectivity index (χ4v) is 1.49. The van der Waals surface area contributed by atoms with Crippen molar-refractivity contribution in [2.24, 2.45) is 0 Å². The Hall–Kier alpha value is -0.640. The molecule has 0 aliphatic heterocycles. The first kappa shape index (κ1) is 12.4. The summed E-state index contributed by atoms with van der Waals surface area (Å²) in [5.41, 5.74) is 0.944. The van der Waals surface area contributed by atoms with Crippen LogP contribution in [0.1, 0.15) is 24.9 Å². The van der Waals surface area contributed by atoms with Gasteiger partial charge in [0.25, 0.3) is 0 Å². The van der Waals surface area contributed by atoms with Crippen LogP contribution in [0.25, 0.3) is 0 Å². The van der Waals surface area contributed by atoms with Gasteiger partial charge in [-0.05, 0) is 37.6 Å². The van der Waals surface area contributed by atoms with Gasteiger partial charge in [-0.15, -0.1) is 0 Å². The molecule has 2 nitrogen and oxygen atoms in total. The van der Waals surface area contributed by atoms with Crippen LogP contribution in [0.15, 0.2) is 18.2 Å². The van der Waals surface area contributed by atoms with Crippen LogP contribution in [0.5, 0.6) is 0 Å². The summed E-state index contributed by atoms with van der Waals surface area (Å²) in [6.45, 7) is 2.87. The van der Waals surface area contributed by atoms with Gasteiger partial charge in [-0.2, -0.15) is 0 Å². The van der Waals surface area contributed by atoms with Gasteiger partial charge >= 0.3 is 0 Å². The standard InChI is InChI=1S/C11H15ClFNO/c1-8(14-5-2-6-15)9-3-4-11(13)10(12)7-9/h3-4,7-8,14-15H,2,5-6H2,1H3/t8-/m1/s1. The first-order valence-electron chi connectivity index (χ1n) is 4.94. The van der Waals surface area contributed by atoms with Crippen molar-refractivity contribution in [2.75, 3.05) is 13.2 Å². The summed E-state index contributed by atoms with van der Waals surface area (Å²) in [4.78, 5) is 0. The molecule has 0 fully saturated rings. The van der Waals surface area contributed by atoms with E-state index in [9.17, 15) is 4.39 Å². The van der Waals surface area contributed by atoms with E-state index in [1.54, 1.807) is 12.1 Å². The molecule has 15 heavy (non-hydrogen) atoms. The Morgan fingerprint density at radius 2 is 2.27 bits per heavy atom.